The molecule has 0 spiro atoms. The van der Waals surface area contributed by atoms with E-state index in [-0.39, 0.29) is 6.23 Å². The molecule has 0 radical (unpaired) electrons. The summed E-state index contributed by atoms with van der Waals surface area (Å²) in [6, 6.07) is 21.4. The number of para-hydroxylation sites is 2. The summed E-state index contributed by atoms with van der Waals surface area (Å²) in [4.78, 5) is 2.41. The van der Waals surface area contributed by atoms with Crippen molar-refractivity contribution < 1.29 is 3.79 Å². The Kier molecular flexibility index (Phi) is 9.42. The minimum absolute atomic E-state index is 0.106. The van der Waals surface area contributed by atoms with Gasteiger partial charge >= 0.3 is 14.5 Å². The minimum Gasteiger partial charge on any atom is -0.482 e. The summed E-state index contributed by atoms with van der Waals surface area (Å²) in [7, 11) is 0. The summed E-state index contributed by atoms with van der Waals surface area (Å²) in [6.07, 6.45) is 2.27. The lowest BCUT2D eigenvalue weighted by atomic mass is 10.2. The lowest BCUT2D eigenvalue weighted by Crippen LogP contribution is -2.39. The Hall–Kier alpha value is -1.27. The molecule has 2 nitrogen and oxygen atoms in total. The second-order valence-corrected chi connectivity index (χ2v) is 10.8. The molecule has 3 heteroatoms. The molecule has 2 aromatic rings. The molecule has 0 N–H and O–H groups in total. The second-order valence-electron chi connectivity index (χ2n) is 8.30. The summed E-state index contributed by atoms with van der Waals surface area (Å²) in [6.45, 7) is 11.6. The molecule has 27 heavy (non-hydrogen) atoms. The van der Waals surface area contributed by atoms with E-state index < -0.39 is 14.5 Å². The van der Waals surface area contributed by atoms with E-state index in [1.165, 1.54) is 21.9 Å². The summed E-state index contributed by atoms with van der Waals surface area (Å²) >= 11 is -1.28. The molecule has 0 aliphatic heterocycles. The van der Waals surface area contributed by atoms with E-state index in [1.807, 2.05) is 0 Å². The Morgan fingerprint density at radius 2 is 1.22 bits per heavy atom. The highest BCUT2D eigenvalue weighted by Crippen LogP contribution is 2.31. The molecule has 0 aliphatic carbocycles. The molecule has 2 rings (SSSR count). The van der Waals surface area contributed by atoms with Crippen molar-refractivity contribution in [3.05, 3.63) is 60.7 Å². The Morgan fingerprint density at radius 1 is 0.778 bits per heavy atom. The van der Waals surface area contributed by atoms with Gasteiger partial charge in [-0.3, -0.25) is 0 Å². The lowest BCUT2D eigenvalue weighted by Gasteiger charge is -2.36. The fourth-order valence-electron chi connectivity index (χ4n) is 3.64. The highest BCUT2D eigenvalue weighted by molar-refractivity contribution is 6.52. The number of hydrogen-bond acceptors (Lipinski definition) is 2. The van der Waals surface area contributed by atoms with E-state index in [2.05, 4.69) is 100 Å². The van der Waals surface area contributed by atoms with Crippen LogP contribution in [0.5, 0.6) is 0 Å². The molecule has 0 aromatic heterocycles. The zero-order chi connectivity index (χ0) is 19.6. The third kappa shape index (κ3) is 7.34. The van der Waals surface area contributed by atoms with Crippen LogP contribution in [0.25, 0.3) is 0 Å². The van der Waals surface area contributed by atoms with E-state index in [0.717, 1.165) is 12.8 Å². The van der Waals surface area contributed by atoms with Gasteiger partial charge in [0.2, 0.25) is 0 Å². The standard InChI is InChI=1S/C16H18NO.2C4H9.Al/c1-2-9-16(18)17(14-10-5-3-6-11-14)15-12-7-4-8-13-15;2*1-4(2)3;/h3-8,10-13,16H,2,9H2,1H3;2*4H,1H2,2-3H3;/q-1;;;+1. The first-order valence-corrected chi connectivity index (χ1v) is 12.7. The van der Waals surface area contributed by atoms with Crippen LogP contribution in [0.1, 0.15) is 47.5 Å². The van der Waals surface area contributed by atoms with Crippen molar-refractivity contribution >= 4 is 25.9 Å². The van der Waals surface area contributed by atoms with Crippen LogP contribution in [0.15, 0.2) is 60.7 Å². The van der Waals surface area contributed by atoms with Crippen molar-refractivity contribution in [2.24, 2.45) is 11.8 Å². The number of rotatable bonds is 11. The summed E-state index contributed by atoms with van der Waals surface area (Å²) < 4.78 is 6.95. The SMILES string of the molecule is CCCC([O][Al]([CH2]C(C)C)[CH2]C(C)C)N(c1ccccc1)c1ccccc1. The van der Waals surface area contributed by atoms with Gasteiger partial charge in [0, 0.05) is 11.4 Å². The molecular formula is C24H36AlNO. The van der Waals surface area contributed by atoms with E-state index >= 15 is 0 Å². The zero-order valence-electron chi connectivity index (χ0n) is 17.8. The molecule has 0 heterocycles. The molecule has 2 aromatic carbocycles. The van der Waals surface area contributed by atoms with Gasteiger partial charge in [0.15, 0.2) is 0 Å². The third-order valence-corrected chi connectivity index (χ3v) is 8.35. The zero-order valence-corrected chi connectivity index (χ0v) is 18.9. The maximum atomic E-state index is 6.95. The lowest BCUT2D eigenvalue weighted by molar-refractivity contribution is 0.190. The maximum absolute atomic E-state index is 6.95. The van der Waals surface area contributed by atoms with E-state index in [9.17, 15) is 0 Å². The molecule has 1 unspecified atom stereocenters. The van der Waals surface area contributed by atoms with Crippen molar-refractivity contribution in [1.82, 2.24) is 0 Å². The van der Waals surface area contributed by atoms with E-state index in [1.54, 1.807) is 0 Å². The minimum atomic E-state index is -1.28. The molecule has 0 amide bonds. The fraction of sp³-hybridized carbons (Fsp3) is 0.500. The van der Waals surface area contributed by atoms with E-state index in [0.29, 0.717) is 11.8 Å². The molecule has 146 valence electrons. The summed E-state index contributed by atoms with van der Waals surface area (Å²) in [5, 5.41) is 2.49. The average Bonchev–Trinajstić information content (AvgIpc) is 2.63. The molecule has 1 atom stereocenters. The van der Waals surface area contributed by atoms with Crippen LogP contribution < -0.4 is 4.90 Å². The highest BCUT2D eigenvalue weighted by Gasteiger charge is 2.30. The molecule has 0 bridgehead atoms. The van der Waals surface area contributed by atoms with Gasteiger partial charge in [-0.15, -0.1) is 0 Å². The van der Waals surface area contributed by atoms with Crippen LogP contribution in [-0.4, -0.2) is 20.7 Å². The van der Waals surface area contributed by atoms with Gasteiger partial charge in [-0.1, -0.05) is 99.8 Å². The first-order valence-electron chi connectivity index (χ1n) is 10.6. The molecule has 0 aliphatic rings. The Labute approximate surface area is 171 Å². The number of benzene rings is 2. The first-order chi connectivity index (χ1) is 13.0. The van der Waals surface area contributed by atoms with Gasteiger partial charge in [0.25, 0.3) is 0 Å². The quantitative estimate of drug-likeness (QED) is 0.300. The first kappa shape index (κ1) is 22.0. The van der Waals surface area contributed by atoms with Crippen LogP contribution in [-0.2, 0) is 3.79 Å². The van der Waals surface area contributed by atoms with Crippen molar-refractivity contribution in [2.45, 2.75) is 64.3 Å². The largest absolute Gasteiger partial charge is 0.482 e. The summed E-state index contributed by atoms with van der Waals surface area (Å²) in [5.74, 6) is 1.40. The Morgan fingerprint density at radius 3 is 1.59 bits per heavy atom. The van der Waals surface area contributed by atoms with Crippen LogP contribution >= 0.6 is 0 Å². The van der Waals surface area contributed by atoms with Crippen LogP contribution in [0.2, 0.25) is 10.6 Å². The normalized spacial score (nSPS) is 12.4. The molecule has 0 fully saturated rings. The number of nitrogens with zero attached hydrogens (tertiary/aromatic N) is 1. The van der Waals surface area contributed by atoms with Crippen LogP contribution in [0.4, 0.5) is 11.4 Å². The smallest absolute Gasteiger partial charge is 0.462 e. The van der Waals surface area contributed by atoms with Gasteiger partial charge in [-0.25, -0.2) is 0 Å². The predicted octanol–water partition coefficient (Wildman–Crippen LogP) is 7.27. The van der Waals surface area contributed by atoms with Crippen LogP contribution in [0, 0.1) is 11.8 Å². The Balaban J connectivity index is 2.35. The maximum Gasteiger partial charge on any atom is 0.462 e. The molecule has 0 saturated carbocycles. The Bertz CT molecular complexity index is 580. The molecular weight excluding hydrogens is 345 g/mol. The number of anilines is 2. The monoisotopic (exact) mass is 381 g/mol. The van der Waals surface area contributed by atoms with Crippen molar-refractivity contribution in [2.75, 3.05) is 4.90 Å². The number of hydrogen-bond donors (Lipinski definition) is 0. The topological polar surface area (TPSA) is 12.5 Å². The fourth-order valence-corrected chi connectivity index (χ4v) is 6.86. The van der Waals surface area contributed by atoms with Gasteiger partial charge in [0.05, 0.1) is 0 Å². The van der Waals surface area contributed by atoms with Crippen molar-refractivity contribution in [3.8, 4) is 0 Å². The van der Waals surface area contributed by atoms with Gasteiger partial charge in [0.1, 0.15) is 6.23 Å². The van der Waals surface area contributed by atoms with Crippen molar-refractivity contribution in [1.29, 1.82) is 0 Å². The second kappa shape index (κ2) is 11.5. The highest BCUT2D eigenvalue weighted by atomic mass is 27.2. The van der Waals surface area contributed by atoms with Gasteiger partial charge in [-0.05, 0) is 30.7 Å². The van der Waals surface area contributed by atoms with Crippen molar-refractivity contribution in [3.63, 3.8) is 0 Å². The van der Waals surface area contributed by atoms with Gasteiger partial charge in [-0.2, -0.15) is 0 Å². The average molecular weight is 382 g/mol. The van der Waals surface area contributed by atoms with Gasteiger partial charge < -0.3 is 8.69 Å². The molecule has 0 saturated heterocycles. The van der Waals surface area contributed by atoms with E-state index in [4.69, 9.17) is 3.79 Å². The predicted molar refractivity (Wildman–Crippen MR) is 120 cm³/mol. The van der Waals surface area contributed by atoms with Crippen LogP contribution in [0.3, 0.4) is 0 Å². The third-order valence-electron chi connectivity index (χ3n) is 4.71. The summed E-state index contributed by atoms with van der Waals surface area (Å²) in [5.41, 5.74) is 2.42.